The van der Waals surface area contributed by atoms with Crippen molar-refractivity contribution in [1.82, 2.24) is 10.3 Å². The number of nitrogens with one attached hydrogen (secondary N) is 1. The van der Waals surface area contributed by atoms with Crippen LogP contribution in [0.2, 0.25) is 0 Å². The lowest BCUT2D eigenvalue weighted by Crippen LogP contribution is -2.05. The SMILES string of the molecule is CNCc1c(C)oc2c(Oc3cncs3)cccc12. The molecule has 0 atom stereocenters. The molecule has 1 aromatic carbocycles. The van der Waals surface area contributed by atoms with Crippen molar-refractivity contribution in [3.8, 4) is 10.8 Å². The normalized spacial score (nSPS) is 11.1. The van der Waals surface area contributed by atoms with Crippen LogP contribution in [0.25, 0.3) is 11.0 Å². The Labute approximate surface area is 115 Å². The summed E-state index contributed by atoms with van der Waals surface area (Å²) < 4.78 is 11.7. The van der Waals surface area contributed by atoms with Crippen LogP contribution in [0.1, 0.15) is 11.3 Å². The van der Waals surface area contributed by atoms with Gasteiger partial charge in [0.1, 0.15) is 5.76 Å². The first kappa shape index (κ1) is 12.2. The van der Waals surface area contributed by atoms with Crippen LogP contribution in [-0.2, 0) is 6.54 Å². The third-order valence-corrected chi connectivity index (χ3v) is 3.61. The summed E-state index contributed by atoms with van der Waals surface area (Å²) in [5.41, 5.74) is 3.71. The lowest BCUT2D eigenvalue weighted by Gasteiger charge is -2.02. The molecule has 3 rings (SSSR count). The van der Waals surface area contributed by atoms with Gasteiger partial charge in [0.2, 0.25) is 5.06 Å². The van der Waals surface area contributed by atoms with E-state index in [0.717, 1.165) is 34.1 Å². The molecule has 19 heavy (non-hydrogen) atoms. The van der Waals surface area contributed by atoms with Crippen LogP contribution < -0.4 is 10.1 Å². The molecule has 4 nitrogen and oxygen atoms in total. The molecular weight excluding hydrogens is 260 g/mol. The van der Waals surface area contributed by atoms with E-state index in [1.54, 1.807) is 11.7 Å². The fourth-order valence-corrected chi connectivity index (χ4v) is 2.59. The minimum absolute atomic E-state index is 0.729. The maximum absolute atomic E-state index is 5.85. The number of hydrogen-bond donors (Lipinski definition) is 1. The van der Waals surface area contributed by atoms with Crippen molar-refractivity contribution in [2.75, 3.05) is 7.05 Å². The van der Waals surface area contributed by atoms with E-state index in [1.165, 1.54) is 16.9 Å². The molecule has 5 heteroatoms. The van der Waals surface area contributed by atoms with Crippen LogP contribution in [-0.4, -0.2) is 12.0 Å². The van der Waals surface area contributed by atoms with Gasteiger partial charge in [-0.25, -0.2) is 4.98 Å². The Morgan fingerprint density at radius 3 is 3.05 bits per heavy atom. The van der Waals surface area contributed by atoms with Crippen LogP contribution in [0.5, 0.6) is 10.8 Å². The summed E-state index contributed by atoms with van der Waals surface area (Å²) in [6.45, 7) is 2.76. The van der Waals surface area contributed by atoms with Crippen molar-refractivity contribution in [2.45, 2.75) is 13.5 Å². The third kappa shape index (κ3) is 2.22. The van der Waals surface area contributed by atoms with Gasteiger partial charge in [0.05, 0.1) is 11.7 Å². The third-order valence-electron chi connectivity index (χ3n) is 2.96. The van der Waals surface area contributed by atoms with Crippen LogP contribution >= 0.6 is 11.3 Å². The highest BCUT2D eigenvalue weighted by molar-refractivity contribution is 7.11. The number of rotatable bonds is 4. The number of aromatic nitrogens is 1. The van der Waals surface area contributed by atoms with Crippen LogP contribution in [0.4, 0.5) is 0 Å². The van der Waals surface area contributed by atoms with E-state index in [1.807, 2.05) is 26.1 Å². The second kappa shape index (κ2) is 5.03. The maximum atomic E-state index is 5.85. The topological polar surface area (TPSA) is 47.3 Å². The molecule has 3 aromatic rings. The summed E-state index contributed by atoms with van der Waals surface area (Å²) in [4.78, 5) is 4.00. The van der Waals surface area contributed by atoms with E-state index in [-0.39, 0.29) is 0 Å². The van der Waals surface area contributed by atoms with Crippen molar-refractivity contribution in [2.24, 2.45) is 0 Å². The highest BCUT2D eigenvalue weighted by atomic mass is 32.1. The molecule has 1 N–H and O–H groups in total. The molecule has 0 aliphatic heterocycles. The minimum Gasteiger partial charge on any atom is -0.457 e. The average molecular weight is 274 g/mol. The number of ether oxygens (including phenoxy) is 1. The second-order valence-electron chi connectivity index (χ2n) is 4.22. The minimum atomic E-state index is 0.729. The van der Waals surface area contributed by atoms with E-state index in [0.29, 0.717) is 0 Å². The fourth-order valence-electron chi connectivity index (χ4n) is 2.10. The highest BCUT2D eigenvalue weighted by Crippen LogP contribution is 2.35. The lowest BCUT2D eigenvalue weighted by atomic mass is 10.1. The Kier molecular flexibility index (Phi) is 3.23. The molecule has 0 saturated heterocycles. The van der Waals surface area contributed by atoms with Gasteiger partial charge in [-0.15, -0.1) is 0 Å². The second-order valence-corrected chi connectivity index (χ2v) is 5.07. The standard InChI is InChI=1S/C14H14N2O2S/c1-9-11(6-15-2)10-4-3-5-12(14(10)17-9)18-13-7-16-8-19-13/h3-5,7-8,15H,6H2,1-2H3. The van der Waals surface area contributed by atoms with Crippen molar-refractivity contribution in [1.29, 1.82) is 0 Å². The zero-order valence-corrected chi connectivity index (χ0v) is 11.6. The monoisotopic (exact) mass is 274 g/mol. The van der Waals surface area contributed by atoms with Gasteiger partial charge in [-0.05, 0) is 20.0 Å². The van der Waals surface area contributed by atoms with Gasteiger partial charge in [0, 0.05) is 17.5 Å². The van der Waals surface area contributed by atoms with Crippen molar-refractivity contribution >= 4 is 22.3 Å². The molecule has 0 amide bonds. The Balaban J connectivity index is 2.08. The summed E-state index contributed by atoms with van der Waals surface area (Å²) in [5.74, 6) is 1.65. The Morgan fingerprint density at radius 1 is 1.42 bits per heavy atom. The molecule has 98 valence electrons. The summed E-state index contributed by atoms with van der Waals surface area (Å²) in [7, 11) is 1.93. The van der Waals surface area contributed by atoms with Gasteiger partial charge in [0.25, 0.3) is 0 Å². The number of hydrogen-bond acceptors (Lipinski definition) is 5. The molecule has 0 aliphatic carbocycles. The molecule has 0 radical (unpaired) electrons. The molecule has 0 bridgehead atoms. The highest BCUT2D eigenvalue weighted by Gasteiger charge is 2.14. The first-order chi connectivity index (χ1) is 9.29. The van der Waals surface area contributed by atoms with Crippen LogP contribution in [0.15, 0.2) is 34.3 Å². The molecule has 2 aromatic heterocycles. The van der Waals surface area contributed by atoms with E-state index in [2.05, 4.69) is 16.4 Å². The summed E-state index contributed by atoms with van der Waals surface area (Å²) in [5, 5.41) is 5.01. The quantitative estimate of drug-likeness (QED) is 0.788. The Morgan fingerprint density at radius 2 is 2.32 bits per heavy atom. The number of fused-ring (bicyclic) bond motifs is 1. The predicted octanol–water partition coefficient (Wildman–Crippen LogP) is 3.71. The fraction of sp³-hybridized carbons (Fsp3) is 0.214. The largest absolute Gasteiger partial charge is 0.457 e. The first-order valence-corrected chi connectivity index (χ1v) is 6.89. The Bertz CT molecular complexity index is 689. The smallest absolute Gasteiger partial charge is 0.200 e. The number of nitrogens with zero attached hydrogens (tertiary/aromatic N) is 1. The van der Waals surface area contributed by atoms with Gasteiger partial charge in [-0.2, -0.15) is 0 Å². The van der Waals surface area contributed by atoms with Gasteiger partial charge in [-0.1, -0.05) is 23.5 Å². The number of furan rings is 1. The van der Waals surface area contributed by atoms with Gasteiger partial charge in [0.15, 0.2) is 11.3 Å². The summed E-state index contributed by atoms with van der Waals surface area (Å²) in [6, 6.07) is 5.94. The van der Waals surface area contributed by atoms with Gasteiger partial charge in [-0.3, -0.25) is 0 Å². The maximum Gasteiger partial charge on any atom is 0.200 e. The lowest BCUT2D eigenvalue weighted by molar-refractivity contribution is 0.478. The van der Waals surface area contributed by atoms with E-state index in [9.17, 15) is 0 Å². The molecular formula is C14H14N2O2S. The van der Waals surface area contributed by atoms with E-state index >= 15 is 0 Å². The van der Waals surface area contributed by atoms with Gasteiger partial charge < -0.3 is 14.5 Å². The molecule has 0 aliphatic rings. The molecule has 0 unspecified atom stereocenters. The number of para-hydroxylation sites is 1. The van der Waals surface area contributed by atoms with Crippen molar-refractivity contribution < 1.29 is 9.15 Å². The zero-order valence-electron chi connectivity index (χ0n) is 10.8. The summed E-state index contributed by atoms with van der Waals surface area (Å²) >= 11 is 1.46. The predicted molar refractivity (Wildman–Crippen MR) is 75.9 cm³/mol. The molecule has 0 spiro atoms. The average Bonchev–Trinajstić information content (AvgIpc) is 3.00. The van der Waals surface area contributed by atoms with Crippen LogP contribution in [0, 0.1) is 6.92 Å². The summed E-state index contributed by atoms with van der Waals surface area (Å²) in [6.07, 6.45) is 1.70. The molecule has 2 heterocycles. The Hall–Kier alpha value is -1.85. The van der Waals surface area contributed by atoms with Crippen LogP contribution in [0.3, 0.4) is 0 Å². The van der Waals surface area contributed by atoms with E-state index < -0.39 is 0 Å². The van der Waals surface area contributed by atoms with Crippen molar-refractivity contribution in [3.05, 3.63) is 41.2 Å². The van der Waals surface area contributed by atoms with Gasteiger partial charge >= 0.3 is 0 Å². The number of benzene rings is 1. The molecule has 0 saturated carbocycles. The number of aryl methyl sites for hydroxylation is 1. The number of thiazole rings is 1. The van der Waals surface area contributed by atoms with E-state index in [4.69, 9.17) is 9.15 Å². The van der Waals surface area contributed by atoms with Crippen molar-refractivity contribution in [3.63, 3.8) is 0 Å². The molecule has 0 fully saturated rings. The zero-order chi connectivity index (χ0) is 13.2. The first-order valence-electron chi connectivity index (χ1n) is 6.01.